The lowest BCUT2D eigenvalue weighted by Gasteiger charge is -2.44. The molecule has 0 spiro atoms. The SMILES string of the molecule is CC(=O)OCC[C@]12C=CC[C@H]1CCCC2OC(C)=O. The van der Waals surface area contributed by atoms with Crippen molar-refractivity contribution >= 4 is 11.9 Å². The molecule has 0 heterocycles. The second-order valence-corrected chi connectivity index (χ2v) is 5.57. The average Bonchev–Trinajstić information content (AvgIpc) is 2.73. The van der Waals surface area contributed by atoms with E-state index in [0.29, 0.717) is 12.5 Å². The normalized spacial score (nSPS) is 32.7. The van der Waals surface area contributed by atoms with Crippen LogP contribution in [-0.2, 0) is 19.1 Å². The third kappa shape index (κ3) is 2.99. The first-order valence-electron chi connectivity index (χ1n) is 7.03. The van der Waals surface area contributed by atoms with E-state index in [9.17, 15) is 9.59 Å². The predicted molar refractivity (Wildman–Crippen MR) is 70.3 cm³/mol. The highest BCUT2D eigenvalue weighted by molar-refractivity contribution is 5.66. The van der Waals surface area contributed by atoms with Crippen molar-refractivity contribution < 1.29 is 19.1 Å². The molecular formula is C15H22O4. The second-order valence-electron chi connectivity index (χ2n) is 5.57. The van der Waals surface area contributed by atoms with Crippen LogP contribution < -0.4 is 0 Å². The molecule has 3 atom stereocenters. The molecule has 2 aliphatic carbocycles. The van der Waals surface area contributed by atoms with E-state index >= 15 is 0 Å². The van der Waals surface area contributed by atoms with Crippen LogP contribution in [0.4, 0.5) is 0 Å². The zero-order valence-electron chi connectivity index (χ0n) is 11.7. The van der Waals surface area contributed by atoms with Gasteiger partial charge in [0.2, 0.25) is 0 Å². The number of hydrogen-bond acceptors (Lipinski definition) is 4. The van der Waals surface area contributed by atoms with Crippen LogP contribution in [0.1, 0.15) is 46.0 Å². The fourth-order valence-corrected chi connectivity index (χ4v) is 3.57. The molecule has 0 aromatic rings. The smallest absolute Gasteiger partial charge is 0.302 e. The maximum absolute atomic E-state index is 11.3. The number of hydrogen-bond donors (Lipinski definition) is 0. The second kappa shape index (κ2) is 5.76. The van der Waals surface area contributed by atoms with E-state index in [2.05, 4.69) is 12.2 Å². The molecule has 2 rings (SSSR count). The Morgan fingerprint density at radius 1 is 1.26 bits per heavy atom. The van der Waals surface area contributed by atoms with Crippen molar-refractivity contribution in [3.8, 4) is 0 Å². The molecule has 2 aliphatic rings. The maximum atomic E-state index is 11.3. The molecule has 0 bridgehead atoms. The predicted octanol–water partition coefficient (Wildman–Crippen LogP) is 2.62. The van der Waals surface area contributed by atoms with Crippen LogP contribution in [0.3, 0.4) is 0 Å². The number of allylic oxidation sites excluding steroid dienone is 1. The molecule has 0 aliphatic heterocycles. The summed E-state index contributed by atoms with van der Waals surface area (Å²) in [4.78, 5) is 22.2. The van der Waals surface area contributed by atoms with Gasteiger partial charge in [-0.05, 0) is 38.0 Å². The zero-order chi connectivity index (χ0) is 13.9. The molecule has 0 radical (unpaired) electrons. The Morgan fingerprint density at radius 3 is 2.74 bits per heavy atom. The number of carbonyl (C=O) groups excluding carboxylic acids is 2. The van der Waals surface area contributed by atoms with Crippen LogP contribution in [0.25, 0.3) is 0 Å². The molecule has 1 fully saturated rings. The van der Waals surface area contributed by atoms with Gasteiger partial charge in [0.25, 0.3) is 0 Å². The standard InChI is InChI=1S/C15H22O4/c1-11(16)18-10-9-15-8-4-6-13(15)5-3-7-14(15)19-12(2)17/h4,8,13-14H,3,5-7,9-10H2,1-2H3/t13-,14?,15-/m1/s1. The Bertz CT molecular complexity index is 388. The molecular weight excluding hydrogens is 244 g/mol. The van der Waals surface area contributed by atoms with Crippen LogP contribution in [0.2, 0.25) is 0 Å². The van der Waals surface area contributed by atoms with Gasteiger partial charge in [0, 0.05) is 19.3 Å². The summed E-state index contributed by atoms with van der Waals surface area (Å²) in [6.45, 7) is 3.28. The topological polar surface area (TPSA) is 52.6 Å². The van der Waals surface area contributed by atoms with E-state index in [4.69, 9.17) is 9.47 Å². The Balaban J connectivity index is 2.10. The highest BCUT2D eigenvalue weighted by Crippen LogP contribution is 2.51. The van der Waals surface area contributed by atoms with Gasteiger partial charge < -0.3 is 9.47 Å². The third-order valence-corrected chi connectivity index (χ3v) is 4.38. The molecule has 0 saturated heterocycles. The lowest BCUT2D eigenvalue weighted by molar-refractivity contribution is -0.159. The van der Waals surface area contributed by atoms with Crippen LogP contribution in [0.5, 0.6) is 0 Å². The van der Waals surface area contributed by atoms with Crippen molar-refractivity contribution in [3.05, 3.63) is 12.2 Å². The first kappa shape index (κ1) is 14.1. The fourth-order valence-electron chi connectivity index (χ4n) is 3.57. The summed E-state index contributed by atoms with van der Waals surface area (Å²) in [5, 5.41) is 0. The summed E-state index contributed by atoms with van der Waals surface area (Å²) in [5.74, 6) is 0.0359. The molecule has 0 amide bonds. The van der Waals surface area contributed by atoms with Crippen LogP contribution in [-0.4, -0.2) is 24.6 Å². The molecule has 4 nitrogen and oxygen atoms in total. The van der Waals surface area contributed by atoms with Gasteiger partial charge in [0.15, 0.2) is 0 Å². The number of fused-ring (bicyclic) bond motifs is 1. The quantitative estimate of drug-likeness (QED) is 0.580. The number of esters is 2. The minimum absolute atomic E-state index is 0.0712. The van der Waals surface area contributed by atoms with E-state index in [0.717, 1.165) is 32.1 Å². The Kier molecular flexibility index (Phi) is 4.27. The summed E-state index contributed by atoms with van der Waals surface area (Å²) < 4.78 is 10.6. The van der Waals surface area contributed by atoms with E-state index < -0.39 is 0 Å². The summed E-state index contributed by atoms with van der Waals surface area (Å²) in [7, 11) is 0. The molecule has 4 heteroatoms. The van der Waals surface area contributed by atoms with Crippen LogP contribution in [0, 0.1) is 11.3 Å². The fraction of sp³-hybridized carbons (Fsp3) is 0.733. The molecule has 1 saturated carbocycles. The Labute approximate surface area is 114 Å². The monoisotopic (exact) mass is 266 g/mol. The first-order chi connectivity index (χ1) is 9.04. The minimum atomic E-state index is -0.255. The van der Waals surface area contributed by atoms with Crippen molar-refractivity contribution in [1.29, 1.82) is 0 Å². The van der Waals surface area contributed by atoms with Crippen molar-refractivity contribution in [3.63, 3.8) is 0 Å². The largest absolute Gasteiger partial charge is 0.466 e. The lowest BCUT2D eigenvalue weighted by Crippen LogP contribution is -2.44. The van der Waals surface area contributed by atoms with Crippen molar-refractivity contribution in [2.24, 2.45) is 11.3 Å². The van der Waals surface area contributed by atoms with E-state index in [1.807, 2.05) is 0 Å². The Hall–Kier alpha value is -1.32. The van der Waals surface area contributed by atoms with Gasteiger partial charge in [-0.25, -0.2) is 0 Å². The summed E-state index contributed by atoms with van der Waals surface area (Å²) in [5.41, 5.74) is -0.126. The van der Waals surface area contributed by atoms with E-state index in [1.54, 1.807) is 0 Å². The van der Waals surface area contributed by atoms with Gasteiger partial charge >= 0.3 is 11.9 Å². The van der Waals surface area contributed by atoms with Gasteiger partial charge in [-0.3, -0.25) is 9.59 Å². The number of ether oxygens (including phenoxy) is 2. The highest BCUT2D eigenvalue weighted by atomic mass is 16.5. The summed E-state index contributed by atoms with van der Waals surface area (Å²) in [6.07, 6.45) is 9.24. The third-order valence-electron chi connectivity index (χ3n) is 4.38. The molecule has 0 aromatic heterocycles. The average molecular weight is 266 g/mol. The van der Waals surface area contributed by atoms with Crippen molar-refractivity contribution in [1.82, 2.24) is 0 Å². The molecule has 0 N–H and O–H groups in total. The molecule has 106 valence electrons. The van der Waals surface area contributed by atoms with Gasteiger partial charge in [-0.15, -0.1) is 0 Å². The maximum Gasteiger partial charge on any atom is 0.302 e. The van der Waals surface area contributed by atoms with Crippen molar-refractivity contribution in [2.45, 2.75) is 52.1 Å². The van der Waals surface area contributed by atoms with E-state index in [-0.39, 0.29) is 23.5 Å². The Morgan fingerprint density at radius 2 is 2.05 bits per heavy atom. The number of carbonyl (C=O) groups is 2. The lowest BCUT2D eigenvalue weighted by atomic mass is 9.64. The minimum Gasteiger partial charge on any atom is -0.466 e. The van der Waals surface area contributed by atoms with Crippen LogP contribution >= 0.6 is 0 Å². The van der Waals surface area contributed by atoms with Gasteiger partial charge in [0.05, 0.1) is 6.61 Å². The van der Waals surface area contributed by atoms with E-state index in [1.165, 1.54) is 13.8 Å². The summed E-state index contributed by atoms with van der Waals surface area (Å²) >= 11 is 0. The number of rotatable bonds is 4. The van der Waals surface area contributed by atoms with Crippen molar-refractivity contribution in [2.75, 3.05) is 6.61 Å². The van der Waals surface area contributed by atoms with Gasteiger partial charge in [0.1, 0.15) is 6.10 Å². The molecule has 0 aromatic carbocycles. The van der Waals surface area contributed by atoms with Crippen LogP contribution in [0.15, 0.2) is 12.2 Å². The molecule has 1 unspecified atom stereocenters. The highest BCUT2D eigenvalue weighted by Gasteiger charge is 2.49. The zero-order valence-corrected chi connectivity index (χ0v) is 11.7. The van der Waals surface area contributed by atoms with Gasteiger partial charge in [-0.1, -0.05) is 12.2 Å². The first-order valence-corrected chi connectivity index (χ1v) is 7.03. The summed E-state index contributed by atoms with van der Waals surface area (Å²) in [6, 6.07) is 0. The van der Waals surface area contributed by atoms with Gasteiger partial charge in [-0.2, -0.15) is 0 Å². The molecule has 19 heavy (non-hydrogen) atoms.